The van der Waals surface area contributed by atoms with Crippen LogP contribution in [0.1, 0.15) is 26.7 Å². The van der Waals surface area contributed by atoms with Gasteiger partial charge in [-0.25, -0.2) is 4.79 Å². The highest BCUT2D eigenvalue weighted by atomic mass is 19.4. The smallest absolute Gasteiger partial charge is 0.475 e. The zero-order chi connectivity index (χ0) is 24.6. The number of aromatic amines is 1. The van der Waals surface area contributed by atoms with Gasteiger partial charge in [-0.15, -0.1) is 5.10 Å². The van der Waals surface area contributed by atoms with Crippen LogP contribution in [0, 0.1) is 5.92 Å². The van der Waals surface area contributed by atoms with Crippen LogP contribution in [-0.4, -0.2) is 62.7 Å². The lowest BCUT2D eigenvalue weighted by atomic mass is 9.93. The van der Waals surface area contributed by atoms with E-state index in [9.17, 15) is 22.0 Å². The number of carboxylic acids is 1. The van der Waals surface area contributed by atoms with Crippen molar-refractivity contribution in [1.29, 1.82) is 0 Å². The standard InChI is InChI=1S/C16H22F2N6O2.C2HF3O2/c1-9(2)11-5-10(3-4-20-11)25-15-8-19-7-13(22-15)21-12-6-14(24-23-12)26-16(17)18;3-2(4,5)1(6)7/h6-11,16,20H,3-5H2,1-2H3,(H2,21,22,23,24);(H,6,7)/t10-,11-;/m1./s1. The molecule has 4 N–H and O–H groups in total. The number of hydrogen-bond acceptors (Lipinski definition) is 8. The fourth-order valence-corrected chi connectivity index (χ4v) is 2.82. The highest BCUT2D eigenvalue weighted by Crippen LogP contribution is 2.22. The molecule has 3 heterocycles. The Hall–Kier alpha value is -3.23. The van der Waals surface area contributed by atoms with Gasteiger partial charge in [-0.05, 0) is 25.3 Å². The second kappa shape index (κ2) is 11.6. The summed E-state index contributed by atoms with van der Waals surface area (Å²) in [6.45, 7) is 2.34. The summed E-state index contributed by atoms with van der Waals surface area (Å²) < 4.78 is 66.2. The van der Waals surface area contributed by atoms with Crippen LogP contribution in [-0.2, 0) is 4.79 Å². The molecule has 15 heteroatoms. The first kappa shape index (κ1) is 26.0. The maximum atomic E-state index is 12.2. The summed E-state index contributed by atoms with van der Waals surface area (Å²) in [7, 11) is 0. The van der Waals surface area contributed by atoms with Crippen LogP contribution in [0.15, 0.2) is 18.5 Å². The summed E-state index contributed by atoms with van der Waals surface area (Å²) >= 11 is 0. The Balaban J connectivity index is 0.000000479. The molecule has 184 valence electrons. The Kier molecular flexibility index (Phi) is 9.13. The van der Waals surface area contributed by atoms with E-state index in [-0.39, 0.29) is 12.0 Å². The van der Waals surface area contributed by atoms with Crippen molar-refractivity contribution in [2.75, 3.05) is 11.9 Å². The van der Waals surface area contributed by atoms with E-state index in [0.717, 1.165) is 19.4 Å². The van der Waals surface area contributed by atoms with Gasteiger partial charge in [0.25, 0.3) is 0 Å². The Bertz CT molecular complexity index is 895. The van der Waals surface area contributed by atoms with Crippen molar-refractivity contribution >= 4 is 17.6 Å². The van der Waals surface area contributed by atoms with Crippen LogP contribution in [0.25, 0.3) is 0 Å². The molecule has 2 aromatic heterocycles. The maximum absolute atomic E-state index is 12.2. The Morgan fingerprint density at radius 1 is 1.27 bits per heavy atom. The number of halogens is 5. The van der Waals surface area contributed by atoms with Crippen molar-refractivity contribution < 1.29 is 41.3 Å². The molecule has 1 aliphatic rings. The molecule has 1 fully saturated rings. The highest BCUT2D eigenvalue weighted by Gasteiger charge is 2.38. The molecule has 0 unspecified atom stereocenters. The van der Waals surface area contributed by atoms with Crippen molar-refractivity contribution in [2.45, 2.75) is 51.6 Å². The molecule has 10 nitrogen and oxygen atoms in total. The predicted molar refractivity (Wildman–Crippen MR) is 105 cm³/mol. The van der Waals surface area contributed by atoms with E-state index in [0.29, 0.717) is 29.5 Å². The highest BCUT2D eigenvalue weighted by molar-refractivity contribution is 5.73. The molecule has 0 radical (unpaired) electrons. The molecule has 1 saturated heterocycles. The molecule has 0 saturated carbocycles. The average Bonchev–Trinajstić information content (AvgIpc) is 3.14. The van der Waals surface area contributed by atoms with Crippen molar-refractivity contribution in [2.24, 2.45) is 5.92 Å². The summed E-state index contributed by atoms with van der Waals surface area (Å²) in [5, 5.41) is 19.7. The Morgan fingerprint density at radius 2 is 1.97 bits per heavy atom. The molecule has 33 heavy (non-hydrogen) atoms. The molecule has 0 spiro atoms. The molecule has 0 bridgehead atoms. The number of carboxylic acid groups (broad SMARTS) is 1. The molecule has 2 aromatic rings. The molecule has 0 aliphatic carbocycles. The van der Waals surface area contributed by atoms with Gasteiger partial charge in [0.2, 0.25) is 11.8 Å². The monoisotopic (exact) mass is 482 g/mol. The fraction of sp³-hybridized carbons (Fsp3) is 0.556. The summed E-state index contributed by atoms with van der Waals surface area (Å²) in [6.07, 6.45) is -0.147. The van der Waals surface area contributed by atoms with Crippen LogP contribution in [0.2, 0.25) is 0 Å². The molecule has 0 aromatic carbocycles. The van der Waals surface area contributed by atoms with Gasteiger partial charge in [-0.1, -0.05) is 13.8 Å². The van der Waals surface area contributed by atoms with E-state index in [1.54, 1.807) is 6.20 Å². The van der Waals surface area contributed by atoms with E-state index in [1.807, 2.05) is 0 Å². The molecular formula is C18H23F5N6O4. The lowest BCUT2D eigenvalue weighted by Gasteiger charge is -2.32. The van der Waals surface area contributed by atoms with Crippen LogP contribution in [0.5, 0.6) is 11.8 Å². The number of anilines is 2. The lowest BCUT2D eigenvalue weighted by molar-refractivity contribution is -0.192. The first-order chi connectivity index (χ1) is 15.4. The van der Waals surface area contributed by atoms with Gasteiger partial charge in [0, 0.05) is 12.1 Å². The van der Waals surface area contributed by atoms with Crippen molar-refractivity contribution in [3.05, 3.63) is 18.5 Å². The van der Waals surface area contributed by atoms with E-state index < -0.39 is 18.8 Å². The number of aromatic nitrogens is 4. The van der Waals surface area contributed by atoms with Gasteiger partial charge in [0.05, 0.1) is 12.4 Å². The first-order valence-electron chi connectivity index (χ1n) is 9.73. The van der Waals surface area contributed by atoms with Gasteiger partial charge in [0.1, 0.15) is 11.9 Å². The summed E-state index contributed by atoms with van der Waals surface area (Å²) in [6, 6.07) is 1.72. The number of nitrogens with one attached hydrogen (secondary N) is 3. The molecule has 3 rings (SSSR count). The number of piperidine rings is 1. The van der Waals surface area contributed by atoms with Gasteiger partial charge in [0.15, 0.2) is 5.82 Å². The third-order valence-corrected chi connectivity index (χ3v) is 4.36. The number of ether oxygens (including phenoxy) is 2. The second-order valence-corrected chi connectivity index (χ2v) is 7.24. The van der Waals surface area contributed by atoms with Gasteiger partial charge >= 0.3 is 18.8 Å². The minimum atomic E-state index is -5.08. The van der Waals surface area contributed by atoms with Crippen molar-refractivity contribution in [1.82, 2.24) is 25.5 Å². The molecule has 2 atom stereocenters. The number of rotatable bonds is 7. The van der Waals surface area contributed by atoms with E-state index in [1.165, 1.54) is 12.3 Å². The zero-order valence-electron chi connectivity index (χ0n) is 17.6. The van der Waals surface area contributed by atoms with E-state index >= 15 is 0 Å². The Labute approximate surface area is 184 Å². The number of H-pyrrole nitrogens is 1. The number of nitrogens with zero attached hydrogens (tertiary/aromatic N) is 3. The minimum Gasteiger partial charge on any atom is -0.475 e. The van der Waals surface area contributed by atoms with Crippen molar-refractivity contribution in [3.8, 4) is 11.8 Å². The second-order valence-electron chi connectivity index (χ2n) is 7.24. The Morgan fingerprint density at radius 3 is 2.58 bits per heavy atom. The van der Waals surface area contributed by atoms with Crippen molar-refractivity contribution in [3.63, 3.8) is 0 Å². The van der Waals surface area contributed by atoms with Gasteiger partial charge < -0.3 is 25.2 Å². The topological polar surface area (TPSA) is 134 Å². The number of alkyl halides is 5. The van der Waals surface area contributed by atoms with Crippen LogP contribution < -0.4 is 20.1 Å². The summed E-state index contributed by atoms with van der Waals surface area (Å²) in [4.78, 5) is 17.3. The quantitative estimate of drug-likeness (QED) is 0.439. The molecular weight excluding hydrogens is 459 g/mol. The number of aliphatic carboxylic acids is 1. The normalized spacial score (nSPS) is 18.5. The van der Waals surface area contributed by atoms with Crippen LogP contribution in [0.4, 0.5) is 33.6 Å². The average molecular weight is 482 g/mol. The molecule has 0 amide bonds. The summed E-state index contributed by atoms with van der Waals surface area (Å²) in [5.74, 6) is -1.26. The number of carbonyl (C=O) groups is 1. The minimum absolute atomic E-state index is 0.0754. The fourth-order valence-electron chi connectivity index (χ4n) is 2.82. The van der Waals surface area contributed by atoms with Crippen LogP contribution in [0.3, 0.4) is 0 Å². The lowest BCUT2D eigenvalue weighted by Crippen LogP contribution is -2.45. The van der Waals surface area contributed by atoms with E-state index in [2.05, 4.69) is 49.4 Å². The largest absolute Gasteiger partial charge is 0.490 e. The van der Waals surface area contributed by atoms with Gasteiger partial charge in [-0.3, -0.25) is 10.1 Å². The van der Waals surface area contributed by atoms with Crippen LogP contribution >= 0.6 is 0 Å². The first-order valence-corrected chi connectivity index (χ1v) is 9.73. The SMILES string of the molecule is CC(C)[C@H]1C[C@H](Oc2cncc(Nc3cc(OC(F)F)n[nH]3)n2)CCN1.O=C(O)C(F)(F)F. The third-order valence-electron chi connectivity index (χ3n) is 4.36. The van der Waals surface area contributed by atoms with Gasteiger partial charge in [-0.2, -0.15) is 26.9 Å². The number of hydrogen-bond donors (Lipinski definition) is 4. The third kappa shape index (κ3) is 9.03. The molecule has 1 aliphatic heterocycles. The zero-order valence-corrected chi connectivity index (χ0v) is 17.6. The maximum Gasteiger partial charge on any atom is 0.490 e. The summed E-state index contributed by atoms with van der Waals surface area (Å²) in [5.41, 5.74) is 0. The van der Waals surface area contributed by atoms with E-state index in [4.69, 9.17) is 14.6 Å². The predicted octanol–water partition coefficient (Wildman–Crippen LogP) is 3.33.